The van der Waals surface area contributed by atoms with E-state index in [0.29, 0.717) is 37.9 Å². The van der Waals surface area contributed by atoms with E-state index in [1.54, 1.807) is 29.2 Å². The van der Waals surface area contributed by atoms with Crippen molar-refractivity contribution in [2.75, 3.05) is 39.8 Å². The average Bonchev–Trinajstić information content (AvgIpc) is 3.55. The number of likely N-dealkylation sites (N-methyl/N-ethyl adjacent to an activating group) is 1. The van der Waals surface area contributed by atoms with Crippen LogP contribution in [-0.4, -0.2) is 100 Å². The summed E-state index contributed by atoms with van der Waals surface area (Å²) in [6.45, 7) is 10.7. The quantitative estimate of drug-likeness (QED) is 0.464. The Labute approximate surface area is 250 Å². The van der Waals surface area contributed by atoms with Crippen LogP contribution in [0.15, 0.2) is 28.8 Å². The Bertz CT molecular complexity index is 1300. The van der Waals surface area contributed by atoms with E-state index in [1.807, 2.05) is 41.7 Å². The summed E-state index contributed by atoms with van der Waals surface area (Å²) < 4.78 is 40.5. The molecule has 0 radical (unpaired) electrons. The Morgan fingerprint density at radius 1 is 1.14 bits per heavy atom. The smallest absolute Gasteiger partial charge is 0.267 e. The molecule has 1 N–H and O–H groups in total. The number of nitrogens with one attached hydrogen (secondary N) is 1. The van der Waals surface area contributed by atoms with Gasteiger partial charge >= 0.3 is 0 Å². The van der Waals surface area contributed by atoms with Crippen LogP contribution in [0.4, 0.5) is 8.78 Å². The summed E-state index contributed by atoms with van der Waals surface area (Å²) >= 11 is 0. The zero-order valence-electron chi connectivity index (χ0n) is 25.7. The van der Waals surface area contributed by atoms with Crippen molar-refractivity contribution in [1.82, 2.24) is 30.2 Å². The number of rotatable bonds is 9. The number of halogens is 2. The van der Waals surface area contributed by atoms with Crippen molar-refractivity contribution in [2.45, 2.75) is 77.5 Å². The fraction of sp³-hybridized carbons (Fsp3) is 0.633. The molecule has 236 valence electrons. The van der Waals surface area contributed by atoms with E-state index in [0.717, 1.165) is 4.90 Å². The Balaban J connectivity index is 1.50. The second kappa shape index (κ2) is 12.9. The van der Waals surface area contributed by atoms with Crippen molar-refractivity contribution in [3.8, 4) is 5.75 Å². The van der Waals surface area contributed by atoms with Crippen LogP contribution in [0, 0.1) is 5.92 Å². The number of likely N-dealkylation sites (tertiary alicyclic amines) is 1. The topological polar surface area (TPSA) is 121 Å². The molecule has 0 aliphatic carbocycles. The fourth-order valence-electron chi connectivity index (χ4n) is 5.18. The van der Waals surface area contributed by atoms with E-state index in [4.69, 9.17) is 9.26 Å². The van der Waals surface area contributed by atoms with Crippen LogP contribution < -0.4 is 10.1 Å². The number of piperazine rings is 1. The number of ether oxygens (including phenoxy) is 1. The van der Waals surface area contributed by atoms with Gasteiger partial charge in [0.15, 0.2) is 6.61 Å². The molecule has 4 rings (SSSR count). The number of hydrogen-bond donors (Lipinski definition) is 1. The molecule has 13 heteroatoms. The standard InChI is InChI=1S/C30H42F2N6O5/c1-19(2)15-21(26(40)38-18-30(31,32)16-22(38)27(41)37-13-11-36(6)12-14-37)33-25(39)20-9-7-8-10-23(20)42-17-24-34-28(43-35-24)29(3,4)5/h7-10,19,21-22H,11-18H2,1-6H3,(H,33,39)/t21-,22-/m1/s1. The first-order valence-electron chi connectivity index (χ1n) is 14.7. The molecule has 0 saturated carbocycles. The highest BCUT2D eigenvalue weighted by Gasteiger charge is 2.52. The lowest BCUT2D eigenvalue weighted by Crippen LogP contribution is -2.56. The van der Waals surface area contributed by atoms with Crippen molar-refractivity contribution in [3.05, 3.63) is 41.5 Å². The van der Waals surface area contributed by atoms with Gasteiger partial charge in [0.1, 0.15) is 17.8 Å². The van der Waals surface area contributed by atoms with E-state index in [2.05, 4.69) is 20.4 Å². The summed E-state index contributed by atoms with van der Waals surface area (Å²) in [4.78, 5) is 49.6. The molecule has 2 aliphatic heterocycles. The van der Waals surface area contributed by atoms with Gasteiger partial charge in [0.25, 0.3) is 11.8 Å². The molecule has 2 saturated heterocycles. The largest absolute Gasteiger partial charge is 0.485 e. The highest BCUT2D eigenvalue weighted by molar-refractivity contribution is 6.00. The van der Waals surface area contributed by atoms with Gasteiger partial charge < -0.3 is 29.3 Å². The van der Waals surface area contributed by atoms with Gasteiger partial charge in [-0.25, -0.2) is 8.78 Å². The summed E-state index contributed by atoms with van der Waals surface area (Å²) in [5.74, 6) is -4.07. The van der Waals surface area contributed by atoms with E-state index in [9.17, 15) is 23.2 Å². The predicted molar refractivity (Wildman–Crippen MR) is 154 cm³/mol. The predicted octanol–water partition coefficient (Wildman–Crippen LogP) is 3.10. The minimum Gasteiger partial charge on any atom is -0.485 e. The molecule has 2 fully saturated rings. The van der Waals surface area contributed by atoms with E-state index in [1.165, 1.54) is 0 Å². The molecule has 3 heterocycles. The number of benzene rings is 1. The molecule has 1 aromatic heterocycles. The molecule has 3 amide bonds. The van der Waals surface area contributed by atoms with Gasteiger partial charge in [0, 0.05) is 38.0 Å². The van der Waals surface area contributed by atoms with Crippen LogP contribution in [0.5, 0.6) is 5.75 Å². The molecular weight excluding hydrogens is 562 g/mol. The monoisotopic (exact) mass is 604 g/mol. The second-order valence-corrected chi connectivity index (χ2v) is 12.9. The first kappa shape index (κ1) is 32.3. The van der Waals surface area contributed by atoms with Crippen molar-refractivity contribution in [1.29, 1.82) is 0 Å². The van der Waals surface area contributed by atoms with Crippen molar-refractivity contribution in [2.24, 2.45) is 5.92 Å². The van der Waals surface area contributed by atoms with Crippen LogP contribution in [0.1, 0.15) is 69.5 Å². The van der Waals surface area contributed by atoms with Crippen LogP contribution in [0.2, 0.25) is 0 Å². The number of hydrogen-bond acceptors (Lipinski definition) is 8. The van der Waals surface area contributed by atoms with Gasteiger partial charge in [-0.3, -0.25) is 14.4 Å². The maximum absolute atomic E-state index is 14.7. The van der Waals surface area contributed by atoms with Crippen LogP contribution >= 0.6 is 0 Å². The van der Waals surface area contributed by atoms with E-state index >= 15 is 0 Å². The molecule has 1 aromatic carbocycles. The molecule has 43 heavy (non-hydrogen) atoms. The van der Waals surface area contributed by atoms with Gasteiger partial charge in [0.2, 0.25) is 23.5 Å². The lowest BCUT2D eigenvalue weighted by Gasteiger charge is -2.36. The van der Waals surface area contributed by atoms with Gasteiger partial charge in [0.05, 0.1) is 12.1 Å². The number of alkyl halides is 2. The Hall–Kier alpha value is -3.61. The summed E-state index contributed by atoms with van der Waals surface area (Å²) in [7, 11) is 1.93. The van der Waals surface area contributed by atoms with Gasteiger partial charge in [-0.05, 0) is 31.5 Å². The molecule has 2 aliphatic rings. The SMILES string of the molecule is CC(C)C[C@@H](NC(=O)c1ccccc1OCc1noc(C(C)(C)C)n1)C(=O)N1CC(F)(F)C[C@@H]1C(=O)N1CCN(C)CC1. The van der Waals surface area contributed by atoms with Crippen molar-refractivity contribution >= 4 is 17.7 Å². The third-order valence-electron chi connectivity index (χ3n) is 7.56. The first-order chi connectivity index (χ1) is 20.1. The molecule has 2 aromatic rings. The zero-order chi connectivity index (χ0) is 31.5. The van der Waals surface area contributed by atoms with Gasteiger partial charge in [-0.1, -0.05) is 51.9 Å². The normalized spacial score (nSPS) is 19.9. The molecule has 11 nitrogen and oxygen atoms in total. The zero-order valence-corrected chi connectivity index (χ0v) is 25.7. The number of aromatic nitrogens is 2. The summed E-state index contributed by atoms with van der Waals surface area (Å²) in [5, 5.41) is 6.67. The average molecular weight is 605 g/mol. The third kappa shape index (κ3) is 8.07. The van der Waals surface area contributed by atoms with E-state index < -0.39 is 48.7 Å². The Kier molecular flexibility index (Phi) is 9.73. The molecule has 0 unspecified atom stereocenters. The third-order valence-corrected chi connectivity index (χ3v) is 7.56. The molecule has 0 spiro atoms. The fourth-order valence-corrected chi connectivity index (χ4v) is 5.18. The number of nitrogens with zero attached hydrogens (tertiary/aromatic N) is 5. The van der Waals surface area contributed by atoms with Crippen LogP contribution in [0.25, 0.3) is 0 Å². The minimum absolute atomic E-state index is 0.0501. The maximum Gasteiger partial charge on any atom is 0.267 e. The number of amides is 3. The van der Waals surface area contributed by atoms with Crippen LogP contribution in [-0.2, 0) is 21.6 Å². The molecule has 2 atom stereocenters. The summed E-state index contributed by atoms with van der Waals surface area (Å²) in [5.41, 5.74) is -0.186. The number of para-hydroxylation sites is 1. The highest BCUT2D eigenvalue weighted by atomic mass is 19.3. The maximum atomic E-state index is 14.7. The van der Waals surface area contributed by atoms with Crippen molar-refractivity contribution in [3.63, 3.8) is 0 Å². The van der Waals surface area contributed by atoms with Crippen LogP contribution in [0.3, 0.4) is 0 Å². The highest BCUT2D eigenvalue weighted by Crippen LogP contribution is 2.34. The lowest BCUT2D eigenvalue weighted by atomic mass is 9.97. The van der Waals surface area contributed by atoms with E-state index in [-0.39, 0.29) is 35.7 Å². The number of carbonyl (C=O) groups excluding carboxylic acids is 3. The van der Waals surface area contributed by atoms with Gasteiger partial charge in [-0.2, -0.15) is 4.98 Å². The number of carbonyl (C=O) groups is 3. The summed E-state index contributed by atoms with van der Waals surface area (Å²) in [6, 6.07) is 4.08. The lowest BCUT2D eigenvalue weighted by molar-refractivity contribution is -0.146. The second-order valence-electron chi connectivity index (χ2n) is 12.9. The van der Waals surface area contributed by atoms with Crippen molar-refractivity contribution < 1.29 is 32.4 Å². The Morgan fingerprint density at radius 3 is 2.44 bits per heavy atom. The van der Waals surface area contributed by atoms with Gasteiger partial charge in [-0.15, -0.1) is 0 Å². The minimum atomic E-state index is -3.21. The Morgan fingerprint density at radius 2 is 1.81 bits per heavy atom. The molecule has 0 bridgehead atoms. The molecular formula is C30H42F2N6O5. The first-order valence-corrected chi connectivity index (χ1v) is 14.7. The summed E-state index contributed by atoms with van der Waals surface area (Å²) in [6.07, 6.45) is -0.542.